The number of amides is 2. The Bertz CT molecular complexity index is 495. The van der Waals surface area contributed by atoms with Gasteiger partial charge in [-0.2, -0.15) is 0 Å². The number of rotatable bonds is 4. The minimum atomic E-state index is -0.655. The Hall–Kier alpha value is -1.55. The van der Waals surface area contributed by atoms with Gasteiger partial charge in [0.1, 0.15) is 6.04 Å². The van der Waals surface area contributed by atoms with Gasteiger partial charge in [-0.05, 0) is 37.5 Å². The highest BCUT2D eigenvalue weighted by Gasteiger charge is 2.46. The average Bonchev–Trinajstić information content (AvgIpc) is 2.30. The SMILES string of the molecule is CC(NC(=O)C1(c2ccc(Cl)cc2)CCC1)C(N)=O. The molecule has 0 spiro atoms. The third kappa shape index (κ3) is 2.59. The zero-order valence-electron chi connectivity index (χ0n) is 10.8. The molecule has 1 aliphatic carbocycles. The van der Waals surface area contributed by atoms with Gasteiger partial charge in [0, 0.05) is 5.02 Å². The fourth-order valence-electron chi connectivity index (χ4n) is 2.35. The lowest BCUT2D eigenvalue weighted by Crippen LogP contribution is -2.54. The number of carbonyl (C=O) groups is 2. The second kappa shape index (κ2) is 5.21. The van der Waals surface area contributed by atoms with Crippen molar-refractivity contribution >= 4 is 23.4 Å². The molecule has 1 unspecified atom stereocenters. The molecule has 0 radical (unpaired) electrons. The van der Waals surface area contributed by atoms with E-state index in [2.05, 4.69) is 5.32 Å². The van der Waals surface area contributed by atoms with Crippen molar-refractivity contribution in [3.8, 4) is 0 Å². The monoisotopic (exact) mass is 280 g/mol. The van der Waals surface area contributed by atoms with Crippen LogP contribution in [0, 0.1) is 0 Å². The zero-order valence-corrected chi connectivity index (χ0v) is 11.5. The van der Waals surface area contributed by atoms with Crippen LogP contribution in [0.15, 0.2) is 24.3 Å². The van der Waals surface area contributed by atoms with Crippen LogP contribution in [0.5, 0.6) is 0 Å². The van der Waals surface area contributed by atoms with Gasteiger partial charge in [-0.25, -0.2) is 0 Å². The first kappa shape index (κ1) is 13.9. The highest BCUT2D eigenvalue weighted by molar-refractivity contribution is 6.30. The van der Waals surface area contributed by atoms with Gasteiger partial charge in [0.15, 0.2) is 0 Å². The van der Waals surface area contributed by atoms with E-state index in [0.717, 1.165) is 24.8 Å². The molecule has 0 heterocycles. The van der Waals surface area contributed by atoms with Gasteiger partial charge in [0.2, 0.25) is 11.8 Å². The molecule has 0 saturated heterocycles. The second-order valence-electron chi connectivity index (χ2n) is 5.04. The number of hydrogen-bond donors (Lipinski definition) is 2. The molecule has 3 N–H and O–H groups in total. The molecule has 102 valence electrons. The summed E-state index contributed by atoms with van der Waals surface area (Å²) in [5.74, 6) is -0.661. The number of halogens is 1. The number of benzene rings is 1. The minimum Gasteiger partial charge on any atom is -0.368 e. The first-order valence-electron chi connectivity index (χ1n) is 6.32. The van der Waals surface area contributed by atoms with E-state index in [1.165, 1.54) is 0 Å². The summed E-state index contributed by atoms with van der Waals surface area (Å²) in [6.07, 6.45) is 2.57. The molecule has 19 heavy (non-hydrogen) atoms. The molecule has 5 heteroatoms. The zero-order chi connectivity index (χ0) is 14.0. The smallest absolute Gasteiger partial charge is 0.239 e. The molecule has 0 bridgehead atoms. The quantitative estimate of drug-likeness (QED) is 0.882. The van der Waals surface area contributed by atoms with Gasteiger partial charge in [0.05, 0.1) is 5.41 Å². The fourth-order valence-corrected chi connectivity index (χ4v) is 2.48. The van der Waals surface area contributed by atoms with Crippen molar-refractivity contribution in [3.05, 3.63) is 34.9 Å². The normalized spacial score (nSPS) is 18.2. The Morgan fingerprint density at radius 3 is 2.32 bits per heavy atom. The third-order valence-corrected chi connectivity index (χ3v) is 4.06. The minimum absolute atomic E-state index is 0.132. The van der Waals surface area contributed by atoms with Crippen molar-refractivity contribution in [3.63, 3.8) is 0 Å². The van der Waals surface area contributed by atoms with Crippen LogP contribution in [-0.2, 0) is 15.0 Å². The highest BCUT2D eigenvalue weighted by atomic mass is 35.5. The summed E-state index contributed by atoms with van der Waals surface area (Å²) in [5, 5.41) is 3.33. The van der Waals surface area contributed by atoms with Crippen LogP contribution >= 0.6 is 11.6 Å². The van der Waals surface area contributed by atoms with Gasteiger partial charge in [-0.3, -0.25) is 9.59 Å². The number of primary amides is 1. The highest BCUT2D eigenvalue weighted by Crippen LogP contribution is 2.44. The predicted octanol–water partition coefficient (Wildman–Crippen LogP) is 1.75. The third-order valence-electron chi connectivity index (χ3n) is 3.81. The van der Waals surface area contributed by atoms with Crippen LogP contribution in [-0.4, -0.2) is 17.9 Å². The van der Waals surface area contributed by atoms with Crippen LogP contribution in [0.2, 0.25) is 5.02 Å². The summed E-state index contributed by atoms with van der Waals surface area (Å²) in [6.45, 7) is 1.59. The molecule has 1 aromatic rings. The molecule has 2 rings (SSSR count). The maximum atomic E-state index is 12.4. The molecule has 1 fully saturated rings. The maximum Gasteiger partial charge on any atom is 0.239 e. The Labute approximate surface area is 117 Å². The Morgan fingerprint density at radius 1 is 1.32 bits per heavy atom. The molecular formula is C14H17ClN2O2. The topological polar surface area (TPSA) is 72.2 Å². The lowest BCUT2D eigenvalue weighted by molar-refractivity contribution is -0.133. The average molecular weight is 281 g/mol. The van der Waals surface area contributed by atoms with Crippen LogP contribution in [0.1, 0.15) is 31.7 Å². The molecule has 0 aromatic heterocycles. The van der Waals surface area contributed by atoms with Crippen molar-refractivity contribution < 1.29 is 9.59 Å². The summed E-state index contributed by atoms with van der Waals surface area (Å²) in [5.41, 5.74) is 5.58. The fraction of sp³-hybridized carbons (Fsp3) is 0.429. The number of nitrogens with two attached hydrogens (primary N) is 1. The first-order chi connectivity index (χ1) is 8.95. The van der Waals surface area contributed by atoms with Crippen LogP contribution < -0.4 is 11.1 Å². The largest absolute Gasteiger partial charge is 0.368 e. The number of nitrogens with one attached hydrogen (secondary N) is 1. The first-order valence-corrected chi connectivity index (χ1v) is 6.70. The molecule has 2 amide bonds. The van der Waals surface area contributed by atoms with Crippen molar-refractivity contribution in [2.45, 2.75) is 37.6 Å². The summed E-state index contributed by atoms with van der Waals surface area (Å²) < 4.78 is 0. The van der Waals surface area contributed by atoms with Crippen LogP contribution in [0.25, 0.3) is 0 Å². The lowest BCUT2D eigenvalue weighted by atomic mass is 9.63. The second-order valence-corrected chi connectivity index (χ2v) is 5.48. The molecule has 4 nitrogen and oxygen atoms in total. The van der Waals surface area contributed by atoms with Gasteiger partial charge in [-0.15, -0.1) is 0 Å². The molecule has 1 saturated carbocycles. The van der Waals surface area contributed by atoms with Gasteiger partial charge in [0.25, 0.3) is 0 Å². The van der Waals surface area contributed by atoms with Crippen LogP contribution in [0.3, 0.4) is 0 Å². The molecule has 1 aromatic carbocycles. The lowest BCUT2D eigenvalue weighted by Gasteiger charge is -2.41. The number of hydrogen-bond acceptors (Lipinski definition) is 2. The number of carbonyl (C=O) groups excluding carboxylic acids is 2. The van der Waals surface area contributed by atoms with Crippen LogP contribution in [0.4, 0.5) is 0 Å². The van der Waals surface area contributed by atoms with Crippen molar-refractivity contribution in [2.24, 2.45) is 5.73 Å². The van der Waals surface area contributed by atoms with E-state index in [1.807, 2.05) is 12.1 Å². The van der Waals surface area contributed by atoms with Gasteiger partial charge < -0.3 is 11.1 Å². The van der Waals surface area contributed by atoms with Gasteiger partial charge >= 0.3 is 0 Å². The maximum absolute atomic E-state index is 12.4. The Balaban J connectivity index is 2.20. The Kier molecular flexibility index (Phi) is 3.80. The van der Waals surface area contributed by atoms with E-state index < -0.39 is 17.4 Å². The van der Waals surface area contributed by atoms with Crippen molar-refractivity contribution in [1.82, 2.24) is 5.32 Å². The summed E-state index contributed by atoms with van der Waals surface area (Å²) in [4.78, 5) is 23.4. The van der Waals surface area contributed by atoms with Crippen molar-refractivity contribution in [1.29, 1.82) is 0 Å². The molecule has 1 aliphatic rings. The van der Waals surface area contributed by atoms with E-state index in [4.69, 9.17) is 17.3 Å². The summed E-state index contributed by atoms with van der Waals surface area (Å²) >= 11 is 5.87. The summed E-state index contributed by atoms with van der Waals surface area (Å²) in [6, 6.07) is 6.65. The van der Waals surface area contributed by atoms with Crippen molar-refractivity contribution in [2.75, 3.05) is 0 Å². The molecular weight excluding hydrogens is 264 g/mol. The molecule has 1 atom stereocenters. The molecule has 0 aliphatic heterocycles. The predicted molar refractivity (Wildman–Crippen MR) is 73.8 cm³/mol. The van der Waals surface area contributed by atoms with E-state index in [9.17, 15) is 9.59 Å². The Morgan fingerprint density at radius 2 is 1.89 bits per heavy atom. The van der Waals surface area contributed by atoms with E-state index >= 15 is 0 Å². The van der Waals surface area contributed by atoms with Gasteiger partial charge in [-0.1, -0.05) is 30.2 Å². The standard InChI is InChI=1S/C14H17ClN2O2/c1-9(12(16)18)17-13(19)14(7-2-8-14)10-3-5-11(15)6-4-10/h3-6,9H,2,7-8H2,1H3,(H2,16,18)(H,17,19). The van der Waals surface area contributed by atoms with E-state index in [-0.39, 0.29) is 5.91 Å². The van der Waals surface area contributed by atoms with E-state index in [1.54, 1.807) is 19.1 Å². The summed E-state index contributed by atoms with van der Waals surface area (Å²) in [7, 11) is 0. The van der Waals surface area contributed by atoms with E-state index in [0.29, 0.717) is 5.02 Å².